The molecule has 17 heavy (non-hydrogen) atoms. The van der Waals surface area contributed by atoms with Crippen LogP contribution in [0.1, 0.15) is 39.0 Å². The molecule has 0 radical (unpaired) electrons. The minimum absolute atomic E-state index is 0.0366. The van der Waals surface area contributed by atoms with Gasteiger partial charge in [0.05, 0.1) is 6.42 Å². The predicted octanol–water partition coefficient (Wildman–Crippen LogP) is 2.30. The molecule has 0 aliphatic carbocycles. The maximum Gasteiger partial charge on any atom is 0.389 e. The quantitative estimate of drug-likeness (QED) is 0.768. The first-order valence-electron chi connectivity index (χ1n) is 5.65. The van der Waals surface area contributed by atoms with Crippen molar-refractivity contribution in [2.45, 2.75) is 51.2 Å². The third kappa shape index (κ3) is 4.75. The van der Waals surface area contributed by atoms with Crippen molar-refractivity contribution in [2.75, 3.05) is 6.54 Å². The lowest BCUT2D eigenvalue weighted by Gasteiger charge is -2.24. The van der Waals surface area contributed by atoms with Crippen molar-refractivity contribution in [3.8, 4) is 0 Å². The molecule has 0 bridgehead atoms. The van der Waals surface area contributed by atoms with Crippen LogP contribution in [-0.4, -0.2) is 35.4 Å². The first-order chi connectivity index (χ1) is 7.79. The molecule has 3 nitrogen and oxygen atoms in total. The molecule has 1 fully saturated rings. The maximum absolute atomic E-state index is 12.0. The molecule has 1 saturated heterocycles. The van der Waals surface area contributed by atoms with Gasteiger partial charge in [0.2, 0.25) is 5.91 Å². The summed E-state index contributed by atoms with van der Waals surface area (Å²) in [4.78, 5) is 24.0. The fraction of sp³-hybridized carbons (Fsp3) is 0.818. The predicted molar refractivity (Wildman–Crippen MR) is 55.3 cm³/mol. The number of ketones is 1. The summed E-state index contributed by atoms with van der Waals surface area (Å²) in [6.45, 7) is 1.89. The Hall–Kier alpha value is -1.07. The number of hydrogen-bond donors (Lipinski definition) is 0. The highest BCUT2D eigenvalue weighted by atomic mass is 19.4. The standard InChI is InChI=1S/C11H16F3NO2/c1-8(16)7-9-3-2-6-15(9)10(17)4-5-11(12,13)14/h9H,2-7H2,1H3. The lowest BCUT2D eigenvalue weighted by Crippen LogP contribution is -2.37. The van der Waals surface area contributed by atoms with Gasteiger partial charge in [-0.3, -0.25) is 9.59 Å². The molecule has 1 rings (SSSR count). The third-order valence-corrected chi connectivity index (χ3v) is 2.84. The lowest BCUT2D eigenvalue weighted by molar-refractivity contribution is -0.149. The number of rotatable bonds is 4. The number of Topliss-reactive ketones (excluding diaryl/α,β-unsaturated/α-hetero) is 1. The summed E-state index contributed by atoms with van der Waals surface area (Å²) in [5, 5.41) is 0. The van der Waals surface area contributed by atoms with E-state index in [9.17, 15) is 22.8 Å². The maximum atomic E-state index is 12.0. The van der Waals surface area contributed by atoms with E-state index in [1.807, 2.05) is 0 Å². The van der Waals surface area contributed by atoms with E-state index in [1.54, 1.807) is 0 Å². The van der Waals surface area contributed by atoms with Crippen LogP contribution in [0, 0.1) is 0 Å². The molecule has 0 aromatic heterocycles. The van der Waals surface area contributed by atoms with Gasteiger partial charge in [-0.1, -0.05) is 0 Å². The fourth-order valence-electron chi connectivity index (χ4n) is 2.10. The number of likely N-dealkylation sites (tertiary alicyclic amines) is 1. The molecule has 6 heteroatoms. The Labute approximate surface area is 98.0 Å². The van der Waals surface area contributed by atoms with Crippen molar-refractivity contribution in [1.82, 2.24) is 4.90 Å². The Morgan fingerprint density at radius 2 is 2.00 bits per heavy atom. The summed E-state index contributed by atoms with van der Waals surface area (Å²) in [5.74, 6) is -0.531. The largest absolute Gasteiger partial charge is 0.389 e. The van der Waals surface area contributed by atoms with Gasteiger partial charge in [-0.2, -0.15) is 13.2 Å². The Bertz CT molecular complexity index is 302. The van der Waals surface area contributed by atoms with Crippen LogP contribution < -0.4 is 0 Å². The van der Waals surface area contributed by atoms with Gasteiger partial charge >= 0.3 is 6.18 Å². The average molecular weight is 251 g/mol. The summed E-state index contributed by atoms with van der Waals surface area (Å²) in [6, 6.07) is -0.201. The van der Waals surface area contributed by atoms with E-state index in [0.29, 0.717) is 13.0 Å². The highest BCUT2D eigenvalue weighted by Gasteiger charge is 2.33. The molecule has 1 aliphatic rings. The van der Waals surface area contributed by atoms with Crippen LogP contribution in [0.4, 0.5) is 13.2 Å². The molecule has 0 spiro atoms. The summed E-state index contributed by atoms with van der Waals surface area (Å²) in [7, 11) is 0. The highest BCUT2D eigenvalue weighted by molar-refractivity contribution is 5.80. The Morgan fingerprint density at radius 3 is 2.53 bits per heavy atom. The summed E-state index contributed by atoms with van der Waals surface area (Å²) >= 11 is 0. The normalized spacial score (nSPS) is 20.7. The monoisotopic (exact) mass is 251 g/mol. The Morgan fingerprint density at radius 1 is 1.35 bits per heavy atom. The molecular formula is C11H16F3NO2. The number of amides is 1. The summed E-state index contributed by atoms with van der Waals surface area (Å²) < 4.78 is 36.0. The molecule has 1 heterocycles. The molecule has 98 valence electrons. The van der Waals surface area contributed by atoms with Crippen LogP contribution in [0.3, 0.4) is 0 Å². The number of carbonyl (C=O) groups is 2. The van der Waals surface area contributed by atoms with Crippen LogP contribution in [-0.2, 0) is 9.59 Å². The first-order valence-corrected chi connectivity index (χ1v) is 5.65. The number of carbonyl (C=O) groups excluding carboxylic acids is 2. The van der Waals surface area contributed by atoms with E-state index in [-0.39, 0.29) is 18.2 Å². The van der Waals surface area contributed by atoms with E-state index in [1.165, 1.54) is 11.8 Å². The van der Waals surface area contributed by atoms with Crippen LogP contribution in [0.15, 0.2) is 0 Å². The van der Waals surface area contributed by atoms with Gasteiger partial charge in [0.25, 0.3) is 0 Å². The topological polar surface area (TPSA) is 37.4 Å². The van der Waals surface area contributed by atoms with E-state index in [4.69, 9.17) is 0 Å². The van der Waals surface area contributed by atoms with Gasteiger partial charge in [0.1, 0.15) is 5.78 Å². The van der Waals surface area contributed by atoms with Gasteiger partial charge in [-0.15, -0.1) is 0 Å². The number of nitrogens with zero attached hydrogens (tertiary/aromatic N) is 1. The molecule has 1 amide bonds. The van der Waals surface area contributed by atoms with Crippen molar-refractivity contribution in [3.05, 3.63) is 0 Å². The Kier molecular flexibility index (Phi) is 4.54. The minimum Gasteiger partial charge on any atom is -0.339 e. The first kappa shape index (κ1) is 14.0. The van der Waals surface area contributed by atoms with E-state index >= 15 is 0 Å². The SMILES string of the molecule is CC(=O)CC1CCCN1C(=O)CCC(F)(F)F. The van der Waals surface area contributed by atoms with Crippen LogP contribution >= 0.6 is 0 Å². The van der Waals surface area contributed by atoms with Crippen molar-refractivity contribution >= 4 is 11.7 Å². The zero-order chi connectivity index (χ0) is 13.1. The molecule has 1 unspecified atom stereocenters. The second kappa shape index (κ2) is 5.51. The van der Waals surface area contributed by atoms with Gasteiger partial charge in [0.15, 0.2) is 0 Å². The lowest BCUT2D eigenvalue weighted by atomic mass is 10.1. The second-order valence-electron chi connectivity index (χ2n) is 4.40. The minimum atomic E-state index is -4.30. The second-order valence-corrected chi connectivity index (χ2v) is 4.40. The molecule has 0 aromatic carbocycles. The highest BCUT2D eigenvalue weighted by Crippen LogP contribution is 2.25. The van der Waals surface area contributed by atoms with Gasteiger partial charge in [0, 0.05) is 25.4 Å². The van der Waals surface area contributed by atoms with Gasteiger partial charge in [-0.05, 0) is 19.8 Å². The zero-order valence-corrected chi connectivity index (χ0v) is 9.72. The van der Waals surface area contributed by atoms with Gasteiger partial charge in [-0.25, -0.2) is 0 Å². The van der Waals surface area contributed by atoms with E-state index in [0.717, 1.165) is 6.42 Å². The number of hydrogen-bond acceptors (Lipinski definition) is 2. The fourth-order valence-corrected chi connectivity index (χ4v) is 2.10. The molecule has 1 aliphatic heterocycles. The van der Waals surface area contributed by atoms with Crippen molar-refractivity contribution < 1.29 is 22.8 Å². The van der Waals surface area contributed by atoms with Crippen molar-refractivity contribution in [3.63, 3.8) is 0 Å². The van der Waals surface area contributed by atoms with Crippen LogP contribution in [0.5, 0.6) is 0 Å². The zero-order valence-electron chi connectivity index (χ0n) is 9.72. The number of halogens is 3. The van der Waals surface area contributed by atoms with E-state index in [2.05, 4.69) is 0 Å². The smallest absolute Gasteiger partial charge is 0.339 e. The van der Waals surface area contributed by atoms with Gasteiger partial charge < -0.3 is 4.90 Å². The summed E-state index contributed by atoms with van der Waals surface area (Å²) in [5.41, 5.74) is 0. The Balaban J connectivity index is 2.47. The molecule has 0 aromatic rings. The van der Waals surface area contributed by atoms with E-state index < -0.39 is 24.9 Å². The molecule has 0 N–H and O–H groups in total. The number of alkyl halides is 3. The third-order valence-electron chi connectivity index (χ3n) is 2.84. The average Bonchev–Trinajstić information content (AvgIpc) is 2.60. The van der Waals surface area contributed by atoms with Crippen LogP contribution in [0.25, 0.3) is 0 Å². The molecule has 1 atom stereocenters. The summed E-state index contributed by atoms with van der Waals surface area (Å²) in [6.07, 6.45) is -4.19. The molecular weight excluding hydrogens is 235 g/mol. The van der Waals surface area contributed by atoms with Crippen molar-refractivity contribution in [2.24, 2.45) is 0 Å². The van der Waals surface area contributed by atoms with Crippen LogP contribution in [0.2, 0.25) is 0 Å². The molecule has 0 saturated carbocycles. The van der Waals surface area contributed by atoms with Crippen molar-refractivity contribution in [1.29, 1.82) is 0 Å².